The zero-order valence-electron chi connectivity index (χ0n) is 9.75. The molecule has 82 valence electrons. The van der Waals surface area contributed by atoms with Gasteiger partial charge in [-0.3, -0.25) is 0 Å². The first-order chi connectivity index (χ1) is 7.17. The van der Waals surface area contributed by atoms with E-state index >= 15 is 0 Å². The first-order valence-corrected chi connectivity index (χ1v) is 6.22. The van der Waals surface area contributed by atoms with Crippen molar-refractivity contribution in [2.75, 3.05) is 0 Å². The zero-order valence-corrected chi connectivity index (χ0v) is 9.75. The van der Waals surface area contributed by atoms with Crippen LogP contribution in [0, 0.1) is 17.3 Å². The monoisotopic (exact) mass is 204 g/mol. The smallest absolute Gasteiger partial charge is 0.107 e. The molecule has 0 radical (unpaired) electrons. The maximum Gasteiger partial charge on any atom is 0.107 e. The van der Waals surface area contributed by atoms with E-state index in [-0.39, 0.29) is 0 Å². The molecule has 0 unspecified atom stereocenters. The van der Waals surface area contributed by atoms with Gasteiger partial charge in [-0.25, -0.2) is 0 Å². The summed E-state index contributed by atoms with van der Waals surface area (Å²) < 4.78 is 5.60. The largest absolute Gasteiger partial charge is 0.469 e. The van der Waals surface area contributed by atoms with Gasteiger partial charge in [0, 0.05) is 6.42 Å². The molecule has 0 bridgehead atoms. The molecule has 2 aliphatic carbocycles. The predicted octanol–water partition coefficient (Wildman–Crippen LogP) is 3.82. The molecule has 1 nitrogen and oxygen atoms in total. The van der Waals surface area contributed by atoms with E-state index in [4.69, 9.17) is 4.42 Å². The fraction of sp³-hybridized carbons (Fsp3) is 0.714. The number of rotatable bonds is 0. The second-order valence-corrected chi connectivity index (χ2v) is 6.02. The highest BCUT2D eigenvalue weighted by Crippen LogP contribution is 2.49. The minimum absolute atomic E-state index is 0.521. The minimum Gasteiger partial charge on any atom is -0.469 e. The van der Waals surface area contributed by atoms with Crippen molar-refractivity contribution in [2.24, 2.45) is 17.3 Å². The third-order valence-corrected chi connectivity index (χ3v) is 4.69. The van der Waals surface area contributed by atoms with Crippen LogP contribution in [-0.2, 0) is 12.8 Å². The quantitative estimate of drug-likeness (QED) is 0.626. The topological polar surface area (TPSA) is 13.1 Å². The first kappa shape index (κ1) is 9.50. The fourth-order valence-electron chi connectivity index (χ4n) is 3.74. The third kappa shape index (κ3) is 1.44. The molecule has 1 heteroatoms. The van der Waals surface area contributed by atoms with Crippen LogP contribution in [0.4, 0.5) is 0 Å². The van der Waals surface area contributed by atoms with E-state index in [2.05, 4.69) is 19.9 Å². The van der Waals surface area contributed by atoms with Gasteiger partial charge in [0.15, 0.2) is 0 Å². The molecule has 0 amide bonds. The van der Waals surface area contributed by atoms with Crippen molar-refractivity contribution >= 4 is 0 Å². The predicted molar refractivity (Wildman–Crippen MR) is 60.7 cm³/mol. The van der Waals surface area contributed by atoms with Crippen molar-refractivity contribution in [1.82, 2.24) is 0 Å². The van der Waals surface area contributed by atoms with Crippen LogP contribution in [0.25, 0.3) is 0 Å². The van der Waals surface area contributed by atoms with E-state index < -0.39 is 0 Å². The van der Waals surface area contributed by atoms with Crippen LogP contribution in [0.5, 0.6) is 0 Å². The molecular formula is C14H20O. The van der Waals surface area contributed by atoms with Crippen molar-refractivity contribution in [3.05, 3.63) is 23.7 Å². The van der Waals surface area contributed by atoms with Crippen LogP contribution in [-0.4, -0.2) is 0 Å². The summed E-state index contributed by atoms with van der Waals surface area (Å²) in [5.41, 5.74) is 2.00. The molecule has 15 heavy (non-hydrogen) atoms. The van der Waals surface area contributed by atoms with Gasteiger partial charge in [-0.05, 0) is 48.1 Å². The van der Waals surface area contributed by atoms with Crippen molar-refractivity contribution in [3.63, 3.8) is 0 Å². The van der Waals surface area contributed by atoms with Crippen molar-refractivity contribution < 1.29 is 4.42 Å². The van der Waals surface area contributed by atoms with Crippen LogP contribution in [0.15, 0.2) is 16.7 Å². The number of hydrogen-bond donors (Lipinski definition) is 0. The maximum atomic E-state index is 5.60. The fourth-order valence-corrected chi connectivity index (χ4v) is 3.74. The molecule has 2 aliphatic rings. The van der Waals surface area contributed by atoms with Crippen molar-refractivity contribution in [2.45, 2.75) is 46.0 Å². The number of fused-ring (bicyclic) bond motifs is 2. The lowest BCUT2D eigenvalue weighted by Gasteiger charge is -2.46. The van der Waals surface area contributed by atoms with E-state index in [0.717, 1.165) is 11.8 Å². The Kier molecular flexibility index (Phi) is 1.99. The molecule has 3 rings (SSSR count). The summed E-state index contributed by atoms with van der Waals surface area (Å²) in [6, 6.07) is 2.17. The molecule has 0 spiro atoms. The van der Waals surface area contributed by atoms with E-state index in [1.807, 2.05) is 6.26 Å². The normalized spacial score (nSPS) is 33.2. The molecule has 1 fully saturated rings. The lowest BCUT2D eigenvalue weighted by molar-refractivity contribution is 0.0613. The summed E-state index contributed by atoms with van der Waals surface area (Å²) in [6.45, 7) is 4.88. The average Bonchev–Trinajstić information content (AvgIpc) is 2.62. The van der Waals surface area contributed by atoms with Crippen molar-refractivity contribution in [1.29, 1.82) is 0 Å². The summed E-state index contributed by atoms with van der Waals surface area (Å²) in [7, 11) is 0. The lowest BCUT2D eigenvalue weighted by atomic mass is 9.59. The van der Waals surface area contributed by atoms with Gasteiger partial charge in [0.1, 0.15) is 5.76 Å². The standard InChI is InChI=1S/C14H20O/c1-14(2)6-3-4-10-8-11-5-7-15-13(11)9-12(10)14/h5,7,10,12H,3-4,6,8-9H2,1-2H3/t10-,12-/m1/s1. The Balaban J connectivity index is 1.94. The number of hydrogen-bond acceptors (Lipinski definition) is 1. The Bertz CT molecular complexity index is 361. The highest BCUT2D eigenvalue weighted by molar-refractivity contribution is 5.23. The summed E-state index contributed by atoms with van der Waals surface area (Å²) in [4.78, 5) is 0. The Morgan fingerprint density at radius 3 is 3.07 bits per heavy atom. The van der Waals surface area contributed by atoms with Gasteiger partial charge in [0.2, 0.25) is 0 Å². The molecule has 1 heterocycles. The highest BCUT2D eigenvalue weighted by Gasteiger charge is 2.42. The Morgan fingerprint density at radius 1 is 1.33 bits per heavy atom. The molecule has 0 aliphatic heterocycles. The second-order valence-electron chi connectivity index (χ2n) is 6.02. The van der Waals surface area contributed by atoms with Gasteiger partial charge in [0.25, 0.3) is 0 Å². The Hall–Kier alpha value is -0.720. The van der Waals surface area contributed by atoms with Gasteiger partial charge in [-0.2, -0.15) is 0 Å². The molecule has 0 N–H and O–H groups in total. The van der Waals surface area contributed by atoms with Crippen LogP contribution in [0.2, 0.25) is 0 Å². The molecular weight excluding hydrogens is 184 g/mol. The Morgan fingerprint density at radius 2 is 2.20 bits per heavy atom. The van der Waals surface area contributed by atoms with Gasteiger partial charge in [0.05, 0.1) is 6.26 Å². The maximum absolute atomic E-state index is 5.60. The first-order valence-electron chi connectivity index (χ1n) is 6.22. The SMILES string of the molecule is CC1(C)CCC[C@@H]2Cc3ccoc3C[C@H]21. The van der Waals surface area contributed by atoms with Gasteiger partial charge < -0.3 is 4.42 Å². The highest BCUT2D eigenvalue weighted by atomic mass is 16.3. The van der Waals surface area contributed by atoms with E-state index in [9.17, 15) is 0 Å². The van der Waals surface area contributed by atoms with Gasteiger partial charge >= 0.3 is 0 Å². The van der Waals surface area contributed by atoms with Crippen LogP contribution >= 0.6 is 0 Å². The lowest BCUT2D eigenvalue weighted by Crippen LogP contribution is -2.39. The molecule has 0 saturated heterocycles. The zero-order chi connectivity index (χ0) is 10.5. The second kappa shape index (κ2) is 3.13. The molecule has 1 aromatic heterocycles. The molecule has 1 aromatic rings. The van der Waals surface area contributed by atoms with Crippen LogP contribution in [0.1, 0.15) is 44.4 Å². The van der Waals surface area contributed by atoms with E-state index in [1.54, 1.807) is 0 Å². The summed E-state index contributed by atoms with van der Waals surface area (Å²) in [5.74, 6) is 3.04. The summed E-state index contributed by atoms with van der Waals surface area (Å²) in [6.07, 6.45) is 8.55. The molecule has 1 saturated carbocycles. The molecule has 0 aromatic carbocycles. The van der Waals surface area contributed by atoms with E-state index in [0.29, 0.717) is 5.41 Å². The molecule has 2 atom stereocenters. The summed E-state index contributed by atoms with van der Waals surface area (Å²) >= 11 is 0. The third-order valence-electron chi connectivity index (χ3n) is 4.69. The van der Waals surface area contributed by atoms with Crippen LogP contribution < -0.4 is 0 Å². The van der Waals surface area contributed by atoms with Gasteiger partial charge in [-0.1, -0.05) is 20.3 Å². The number of furan rings is 1. The average molecular weight is 204 g/mol. The van der Waals surface area contributed by atoms with E-state index in [1.165, 1.54) is 43.4 Å². The minimum atomic E-state index is 0.521. The van der Waals surface area contributed by atoms with Crippen molar-refractivity contribution in [3.8, 4) is 0 Å². The summed E-state index contributed by atoms with van der Waals surface area (Å²) in [5, 5.41) is 0. The van der Waals surface area contributed by atoms with Gasteiger partial charge in [-0.15, -0.1) is 0 Å². The van der Waals surface area contributed by atoms with Crippen LogP contribution in [0.3, 0.4) is 0 Å². The Labute approximate surface area is 91.9 Å².